The van der Waals surface area contributed by atoms with Crippen LogP contribution in [0.25, 0.3) is 0 Å². The third-order valence-electron chi connectivity index (χ3n) is 7.14. The third-order valence-corrected chi connectivity index (χ3v) is 7.14. The van der Waals surface area contributed by atoms with Gasteiger partial charge >= 0.3 is 5.97 Å². The zero-order valence-corrected chi connectivity index (χ0v) is 21.2. The molecule has 7 heteroatoms. The van der Waals surface area contributed by atoms with Crippen molar-refractivity contribution in [3.05, 3.63) is 29.1 Å². The fraction of sp³-hybridized carbons (Fsp3) is 0.667. The van der Waals surface area contributed by atoms with Crippen LogP contribution in [0.15, 0.2) is 12.1 Å². The van der Waals surface area contributed by atoms with E-state index in [1.807, 2.05) is 27.7 Å². The van der Waals surface area contributed by atoms with Crippen molar-refractivity contribution in [2.75, 3.05) is 11.4 Å². The van der Waals surface area contributed by atoms with E-state index in [0.717, 1.165) is 25.7 Å². The summed E-state index contributed by atoms with van der Waals surface area (Å²) >= 11 is 0. The van der Waals surface area contributed by atoms with Gasteiger partial charge in [-0.05, 0) is 89.7 Å². The summed E-state index contributed by atoms with van der Waals surface area (Å²) in [6, 6.07) is 3.38. The number of rotatable bonds is 8. The first kappa shape index (κ1) is 24.7. The van der Waals surface area contributed by atoms with Crippen LogP contribution in [0.5, 0.6) is 0 Å². The number of benzene rings is 1. The first-order valence-corrected chi connectivity index (χ1v) is 12.5. The van der Waals surface area contributed by atoms with Gasteiger partial charge in [0.2, 0.25) is 11.8 Å². The molecule has 1 heterocycles. The van der Waals surface area contributed by atoms with E-state index < -0.39 is 11.0 Å². The van der Waals surface area contributed by atoms with Crippen LogP contribution < -0.4 is 10.2 Å². The Morgan fingerprint density at radius 3 is 2.41 bits per heavy atom. The Bertz CT molecular complexity index is 1000. The molecular weight excluding hydrogens is 435 g/mol. The Morgan fingerprint density at radius 2 is 1.85 bits per heavy atom. The number of amides is 2. The van der Waals surface area contributed by atoms with Crippen LogP contribution in [0.1, 0.15) is 90.7 Å². The molecule has 2 fully saturated rings. The van der Waals surface area contributed by atoms with E-state index in [2.05, 4.69) is 5.32 Å². The minimum absolute atomic E-state index is 0.0946. The fourth-order valence-corrected chi connectivity index (χ4v) is 5.15. The molecule has 0 bridgehead atoms. The number of nitrogens with one attached hydrogen (secondary N) is 1. The molecule has 4 rings (SSSR count). The summed E-state index contributed by atoms with van der Waals surface area (Å²) in [5.74, 6) is -0.693. The quantitative estimate of drug-likeness (QED) is 0.562. The molecule has 2 aliphatic carbocycles. The van der Waals surface area contributed by atoms with Crippen LogP contribution in [0.3, 0.4) is 0 Å². The van der Waals surface area contributed by atoms with E-state index in [1.165, 1.54) is 4.90 Å². The highest BCUT2D eigenvalue weighted by Crippen LogP contribution is 2.49. The number of esters is 1. The lowest BCUT2D eigenvalue weighted by atomic mass is 9.84. The summed E-state index contributed by atoms with van der Waals surface area (Å²) < 4.78 is 20.8. The van der Waals surface area contributed by atoms with Gasteiger partial charge in [-0.25, -0.2) is 4.39 Å². The van der Waals surface area contributed by atoms with E-state index in [9.17, 15) is 14.4 Å². The molecule has 0 unspecified atom stereocenters. The predicted octanol–water partition coefficient (Wildman–Crippen LogP) is 4.59. The molecule has 34 heavy (non-hydrogen) atoms. The summed E-state index contributed by atoms with van der Waals surface area (Å²) in [5.41, 5.74) is -0.0239. The molecule has 2 amide bonds. The Labute approximate surface area is 201 Å². The molecule has 1 aromatic carbocycles. The van der Waals surface area contributed by atoms with Crippen molar-refractivity contribution < 1.29 is 23.5 Å². The average Bonchev–Trinajstić information content (AvgIpc) is 3.60. The molecule has 2 atom stereocenters. The Kier molecular flexibility index (Phi) is 6.28. The van der Waals surface area contributed by atoms with Crippen molar-refractivity contribution >= 4 is 23.5 Å². The summed E-state index contributed by atoms with van der Waals surface area (Å²) in [4.78, 5) is 40.0. The lowest BCUT2D eigenvalue weighted by Crippen LogP contribution is -2.48. The summed E-state index contributed by atoms with van der Waals surface area (Å²) in [6.07, 6.45) is 4.15. The molecule has 2 saturated carbocycles. The molecule has 0 radical (unpaired) electrons. The number of carbonyl (C=O) groups is 3. The van der Waals surface area contributed by atoms with Gasteiger partial charge in [0.15, 0.2) is 0 Å². The van der Waals surface area contributed by atoms with Crippen LogP contribution in [-0.2, 0) is 24.5 Å². The van der Waals surface area contributed by atoms with Crippen LogP contribution in [0.4, 0.5) is 10.1 Å². The molecule has 0 saturated heterocycles. The topological polar surface area (TPSA) is 75.7 Å². The van der Waals surface area contributed by atoms with Gasteiger partial charge in [-0.3, -0.25) is 14.4 Å². The first-order valence-electron chi connectivity index (χ1n) is 12.5. The molecule has 1 N–H and O–H groups in total. The number of anilines is 1. The number of halogens is 1. The predicted molar refractivity (Wildman–Crippen MR) is 128 cm³/mol. The van der Waals surface area contributed by atoms with E-state index in [0.29, 0.717) is 22.7 Å². The van der Waals surface area contributed by atoms with Crippen LogP contribution in [-0.4, -0.2) is 36.0 Å². The number of nitrogens with zero attached hydrogens (tertiary/aromatic N) is 1. The maximum Gasteiger partial charge on any atom is 0.306 e. The molecule has 3 aliphatic rings. The minimum Gasteiger partial charge on any atom is -0.460 e. The molecular formula is C27H37FN2O4. The summed E-state index contributed by atoms with van der Waals surface area (Å²) in [5, 5.41) is 3.07. The SMILES string of the molecule is C[C@@H](CC(=O)OC(C)(C)C)[C@@H](NC(=O)CN1C(=O)C(C)(C)c2c1ccc(C1CC1)c2F)C1CC1. The van der Waals surface area contributed by atoms with Crippen LogP contribution >= 0.6 is 0 Å². The van der Waals surface area contributed by atoms with Crippen molar-refractivity contribution in [3.8, 4) is 0 Å². The highest BCUT2D eigenvalue weighted by atomic mass is 19.1. The number of carbonyl (C=O) groups excluding carboxylic acids is 3. The molecule has 1 aliphatic heterocycles. The lowest BCUT2D eigenvalue weighted by molar-refractivity contribution is -0.156. The monoisotopic (exact) mass is 472 g/mol. The van der Waals surface area contributed by atoms with Gasteiger partial charge < -0.3 is 15.0 Å². The zero-order chi connectivity index (χ0) is 25.0. The van der Waals surface area contributed by atoms with Gasteiger partial charge in [0.1, 0.15) is 18.0 Å². The summed E-state index contributed by atoms with van der Waals surface area (Å²) in [7, 11) is 0. The van der Waals surface area contributed by atoms with E-state index in [-0.39, 0.29) is 54.4 Å². The smallest absolute Gasteiger partial charge is 0.306 e. The largest absolute Gasteiger partial charge is 0.460 e. The van der Waals surface area contributed by atoms with Crippen molar-refractivity contribution in [3.63, 3.8) is 0 Å². The van der Waals surface area contributed by atoms with Crippen molar-refractivity contribution in [2.24, 2.45) is 11.8 Å². The standard InChI is InChI=1S/C27H37FN2O4/c1-15(13-21(32)34-26(2,3)4)24(17-9-10-17)29-20(31)14-30-19-12-11-18(16-7-8-16)23(28)22(19)27(5,6)25(30)33/h11-12,15-17,24H,7-10,13-14H2,1-6H3,(H,29,31)/t15-,24+/m0/s1. The van der Waals surface area contributed by atoms with E-state index in [4.69, 9.17) is 4.74 Å². The molecule has 6 nitrogen and oxygen atoms in total. The Morgan fingerprint density at radius 1 is 1.21 bits per heavy atom. The average molecular weight is 473 g/mol. The van der Waals surface area contributed by atoms with Crippen molar-refractivity contribution in [2.45, 2.75) is 96.6 Å². The Balaban J connectivity index is 1.46. The van der Waals surface area contributed by atoms with Crippen molar-refractivity contribution in [1.82, 2.24) is 5.32 Å². The maximum absolute atomic E-state index is 15.4. The second-order valence-corrected chi connectivity index (χ2v) is 11.9. The molecule has 0 aromatic heterocycles. The number of fused-ring (bicyclic) bond motifs is 1. The number of ether oxygens (including phenoxy) is 1. The van der Waals surface area contributed by atoms with Crippen LogP contribution in [0, 0.1) is 17.7 Å². The van der Waals surface area contributed by atoms with E-state index >= 15 is 4.39 Å². The number of hydrogen-bond acceptors (Lipinski definition) is 4. The molecule has 186 valence electrons. The van der Waals surface area contributed by atoms with Gasteiger partial charge in [-0.2, -0.15) is 0 Å². The second-order valence-electron chi connectivity index (χ2n) is 11.9. The highest BCUT2D eigenvalue weighted by Gasteiger charge is 2.48. The minimum atomic E-state index is -1.02. The maximum atomic E-state index is 15.4. The molecule has 0 spiro atoms. The normalized spacial score (nSPS) is 21.1. The fourth-order valence-electron chi connectivity index (χ4n) is 5.15. The van der Waals surface area contributed by atoms with Gasteiger partial charge in [-0.1, -0.05) is 13.0 Å². The van der Waals surface area contributed by atoms with Crippen LogP contribution in [0.2, 0.25) is 0 Å². The number of hydrogen-bond donors (Lipinski definition) is 1. The van der Waals surface area contributed by atoms with Crippen molar-refractivity contribution in [1.29, 1.82) is 0 Å². The van der Waals surface area contributed by atoms with Gasteiger partial charge in [0.25, 0.3) is 0 Å². The lowest BCUT2D eigenvalue weighted by Gasteiger charge is -2.28. The summed E-state index contributed by atoms with van der Waals surface area (Å²) in [6.45, 7) is 10.7. The Hall–Kier alpha value is -2.44. The first-order chi connectivity index (χ1) is 15.8. The van der Waals surface area contributed by atoms with Gasteiger partial charge in [-0.15, -0.1) is 0 Å². The third kappa shape index (κ3) is 4.98. The highest BCUT2D eigenvalue weighted by molar-refractivity contribution is 6.10. The van der Waals surface area contributed by atoms with E-state index in [1.54, 1.807) is 26.0 Å². The van der Waals surface area contributed by atoms with Gasteiger partial charge in [0.05, 0.1) is 17.5 Å². The molecule has 1 aromatic rings. The van der Waals surface area contributed by atoms with Gasteiger partial charge in [0, 0.05) is 11.6 Å². The second kappa shape index (κ2) is 8.65. The zero-order valence-electron chi connectivity index (χ0n) is 21.2.